The Morgan fingerprint density at radius 1 is 1.32 bits per heavy atom. The first-order valence-corrected chi connectivity index (χ1v) is 8.58. The number of nitrogens with one attached hydrogen (secondary N) is 1. The van der Waals surface area contributed by atoms with E-state index in [9.17, 15) is 8.42 Å². The molecule has 0 bridgehead atoms. The minimum Gasteiger partial charge on any atom is -0.309 e. The maximum absolute atomic E-state index is 11.6. The maximum Gasteiger partial charge on any atom is 0.153 e. The highest BCUT2D eigenvalue weighted by atomic mass is 35.5. The second-order valence-electron chi connectivity index (χ2n) is 5.28. The average molecular weight is 324 g/mol. The quantitative estimate of drug-likeness (QED) is 0.902. The van der Waals surface area contributed by atoms with Crippen molar-refractivity contribution in [3.8, 4) is 0 Å². The molecule has 1 rings (SSSR count). The van der Waals surface area contributed by atoms with Crippen molar-refractivity contribution in [3.63, 3.8) is 0 Å². The SMILES string of the molecule is CC(NCC(C)(C)S(C)(=O)=O)c1cccc(Cl)c1Cl. The highest BCUT2D eigenvalue weighted by Crippen LogP contribution is 2.30. The van der Waals surface area contributed by atoms with Gasteiger partial charge in [0.1, 0.15) is 0 Å². The van der Waals surface area contributed by atoms with Gasteiger partial charge in [0.25, 0.3) is 0 Å². The molecule has 0 amide bonds. The molecule has 1 unspecified atom stereocenters. The lowest BCUT2D eigenvalue weighted by atomic mass is 10.1. The number of sulfone groups is 1. The van der Waals surface area contributed by atoms with E-state index >= 15 is 0 Å². The fourth-order valence-corrected chi connectivity index (χ4v) is 2.31. The van der Waals surface area contributed by atoms with Gasteiger partial charge in [-0.05, 0) is 32.4 Å². The van der Waals surface area contributed by atoms with Gasteiger partial charge < -0.3 is 5.32 Å². The van der Waals surface area contributed by atoms with Crippen LogP contribution in [-0.2, 0) is 9.84 Å². The van der Waals surface area contributed by atoms with Crippen LogP contribution in [0.4, 0.5) is 0 Å². The number of hydrogen-bond acceptors (Lipinski definition) is 3. The zero-order valence-corrected chi connectivity index (χ0v) is 13.8. The van der Waals surface area contributed by atoms with E-state index in [4.69, 9.17) is 23.2 Å². The molecule has 108 valence electrons. The Morgan fingerprint density at radius 3 is 2.42 bits per heavy atom. The molecule has 1 atom stereocenters. The molecular formula is C13H19Cl2NO2S. The molecule has 0 aliphatic carbocycles. The van der Waals surface area contributed by atoms with Gasteiger partial charge in [-0.25, -0.2) is 8.42 Å². The maximum atomic E-state index is 11.6. The predicted molar refractivity (Wildman–Crippen MR) is 81.8 cm³/mol. The third kappa shape index (κ3) is 4.09. The Labute approximate surface area is 125 Å². The molecular weight excluding hydrogens is 305 g/mol. The lowest BCUT2D eigenvalue weighted by molar-refractivity contribution is 0.489. The van der Waals surface area contributed by atoms with Gasteiger partial charge in [0.05, 0.1) is 14.8 Å². The second kappa shape index (κ2) is 6.00. The van der Waals surface area contributed by atoms with E-state index < -0.39 is 14.6 Å². The number of rotatable bonds is 5. The van der Waals surface area contributed by atoms with Crippen molar-refractivity contribution in [2.75, 3.05) is 12.8 Å². The predicted octanol–water partition coefficient (Wildman–Crippen LogP) is 3.47. The molecule has 19 heavy (non-hydrogen) atoms. The third-order valence-electron chi connectivity index (χ3n) is 3.29. The molecule has 0 aliphatic rings. The first kappa shape index (κ1) is 16.8. The van der Waals surface area contributed by atoms with Gasteiger partial charge in [-0.2, -0.15) is 0 Å². The van der Waals surface area contributed by atoms with Gasteiger partial charge >= 0.3 is 0 Å². The average Bonchev–Trinajstić information content (AvgIpc) is 2.28. The van der Waals surface area contributed by atoms with Crippen LogP contribution in [0.2, 0.25) is 10.0 Å². The Morgan fingerprint density at radius 2 is 1.89 bits per heavy atom. The van der Waals surface area contributed by atoms with Gasteiger partial charge in [-0.1, -0.05) is 35.3 Å². The van der Waals surface area contributed by atoms with Gasteiger partial charge in [0.2, 0.25) is 0 Å². The molecule has 6 heteroatoms. The summed E-state index contributed by atoms with van der Waals surface area (Å²) in [5.74, 6) is 0. The zero-order chi connectivity index (χ0) is 14.8. The van der Waals surface area contributed by atoms with Crippen molar-refractivity contribution in [3.05, 3.63) is 33.8 Å². The highest BCUT2D eigenvalue weighted by molar-refractivity contribution is 7.92. The van der Waals surface area contributed by atoms with Crippen molar-refractivity contribution < 1.29 is 8.42 Å². The molecule has 0 heterocycles. The van der Waals surface area contributed by atoms with Crippen molar-refractivity contribution in [1.82, 2.24) is 5.32 Å². The summed E-state index contributed by atoms with van der Waals surface area (Å²) in [7, 11) is -3.12. The first-order chi connectivity index (χ1) is 8.56. The second-order valence-corrected chi connectivity index (χ2v) is 8.71. The molecule has 0 aliphatic heterocycles. The van der Waals surface area contributed by atoms with E-state index in [1.807, 2.05) is 19.1 Å². The summed E-state index contributed by atoms with van der Waals surface area (Å²) in [6, 6.07) is 5.34. The van der Waals surface area contributed by atoms with Gasteiger partial charge in [-0.15, -0.1) is 0 Å². The fraction of sp³-hybridized carbons (Fsp3) is 0.538. The van der Waals surface area contributed by atoms with Crippen molar-refractivity contribution in [2.45, 2.75) is 31.6 Å². The molecule has 3 nitrogen and oxygen atoms in total. The molecule has 1 aromatic rings. The van der Waals surface area contributed by atoms with Crippen LogP contribution in [0.5, 0.6) is 0 Å². The van der Waals surface area contributed by atoms with Crippen molar-refractivity contribution in [2.24, 2.45) is 0 Å². The van der Waals surface area contributed by atoms with E-state index in [2.05, 4.69) is 5.32 Å². The Hall–Kier alpha value is -0.290. The topological polar surface area (TPSA) is 46.2 Å². The lowest BCUT2D eigenvalue weighted by Crippen LogP contribution is -2.42. The van der Waals surface area contributed by atoms with Crippen LogP contribution in [0.25, 0.3) is 0 Å². The third-order valence-corrected chi connectivity index (χ3v) is 6.27. The summed E-state index contributed by atoms with van der Waals surface area (Å²) in [6.45, 7) is 5.66. The zero-order valence-electron chi connectivity index (χ0n) is 11.5. The van der Waals surface area contributed by atoms with Crippen LogP contribution in [0.3, 0.4) is 0 Å². The summed E-state index contributed by atoms with van der Waals surface area (Å²) < 4.78 is 22.4. The molecule has 0 saturated heterocycles. The molecule has 0 fully saturated rings. The Bertz CT molecular complexity index is 556. The summed E-state index contributed by atoms with van der Waals surface area (Å²) >= 11 is 12.1. The van der Waals surface area contributed by atoms with Crippen LogP contribution in [0, 0.1) is 0 Å². The summed E-state index contributed by atoms with van der Waals surface area (Å²) in [5, 5.41) is 4.19. The van der Waals surface area contributed by atoms with E-state index in [1.165, 1.54) is 6.26 Å². The largest absolute Gasteiger partial charge is 0.309 e. The highest BCUT2D eigenvalue weighted by Gasteiger charge is 2.30. The van der Waals surface area contributed by atoms with Crippen LogP contribution in [-0.4, -0.2) is 26.0 Å². The van der Waals surface area contributed by atoms with E-state index in [0.29, 0.717) is 16.6 Å². The molecule has 0 spiro atoms. The summed E-state index contributed by atoms with van der Waals surface area (Å²) in [5.41, 5.74) is 0.860. The van der Waals surface area contributed by atoms with Crippen LogP contribution < -0.4 is 5.32 Å². The minimum absolute atomic E-state index is 0.0766. The summed E-state index contributed by atoms with van der Waals surface area (Å²) in [6.07, 6.45) is 1.24. The standard InChI is InChI=1S/C13H19Cl2NO2S/c1-9(10-6-5-7-11(14)12(10)15)16-8-13(2,3)19(4,17)18/h5-7,9,16H,8H2,1-4H3. The number of hydrogen-bond donors (Lipinski definition) is 1. The molecule has 0 aromatic heterocycles. The molecule has 1 aromatic carbocycles. The van der Waals surface area contributed by atoms with E-state index in [0.717, 1.165) is 5.56 Å². The molecule has 1 N–H and O–H groups in total. The van der Waals surface area contributed by atoms with Crippen LogP contribution in [0.1, 0.15) is 32.4 Å². The van der Waals surface area contributed by atoms with E-state index in [1.54, 1.807) is 19.9 Å². The van der Waals surface area contributed by atoms with Gasteiger partial charge in [0, 0.05) is 18.8 Å². The van der Waals surface area contributed by atoms with Crippen LogP contribution >= 0.6 is 23.2 Å². The molecule has 0 saturated carbocycles. The lowest BCUT2D eigenvalue weighted by Gasteiger charge is -2.26. The van der Waals surface area contributed by atoms with Crippen LogP contribution in [0.15, 0.2) is 18.2 Å². The normalized spacial score (nSPS) is 14.4. The van der Waals surface area contributed by atoms with Crippen molar-refractivity contribution in [1.29, 1.82) is 0 Å². The summed E-state index contributed by atoms with van der Waals surface area (Å²) in [4.78, 5) is 0. The van der Waals surface area contributed by atoms with Crippen molar-refractivity contribution >= 4 is 33.0 Å². The first-order valence-electron chi connectivity index (χ1n) is 5.93. The number of benzene rings is 1. The van der Waals surface area contributed by atoms with Gasteiger partial charge in [0.15, 0.2) is 9.84 Å². The molecule has 0 radical (unpaired) electrons. The van der Waals surface area contributed by atoms with Gasteiger partial charge in [-0.3, -0.25) is 0 Å². The number of halogens is 2. The Balaban J connectivity index is 2.82. The van der Waals surface area contributed by atoms with E-state index in [-0.39, 0.29) is 6.04 Å². The Kier molecular flexibility index (Phi) is 5.29. The minimum atomic E-state index is -3.12. The monoisotopic (exact) mass is 323 g/mol. The smallest absolute Gasteiger partial charge is 0.153 e. The fourth-order valence-electron chi connectivity index (χ4n) is 1.49.